The van der Waals surface area contributed by atoms with Gasteiger partial charge in [-0.3, -0.25) is 5.32 Å². The third-order valence-electron chi connectivity index (χ3n) is 3.80. The summed E-state index contributed by atoms with van der Waals surface area (Å²) in [6.07, 6.45) is 0.535. The lowest BCUT2D eigenvalue weighted by Gasteiger charge is -2.10. The van der Waals surface area contributed by atoms with Gasteiger partial charge in [-0.25, -0.2) is 9.78 Å². The fourth-order valence-electron chi connectivity index (χ4n) is 2.56. The van der Waals surface area contributed by atoms with Crippen molar-refractivity contribution in [3.05, 3.63) is 66.9 Å². The van der Waals surface area contributed by atoms with Gasteiger partial charge in [-0.05, 0) is 42.0 Å². The maximum Gasteiger partial charge on any atom is 0.409 e. The number of nitrogens with one attached hydrogen (secondary N) is 2. The molecule has 0 bridgehead atoms. The summed E-state index contributed by atoms with van der Waals surface area (Å²) in [6, 6.07) is 18.0. The molecule has 5 N–H and O–H groups in total. The van der Waals surface area contributed by atoms with E-state index in [1.165, 1.54) is 0 Å². The van der Waals surface area contributed by atoms with Crippen molar-refractivity contribution in [3.63, 3.8) is 0 Å². The maximum absolute atomic E-state index is 10.8. The SMILES string of the molecule is COc1ccccc1NC(N)=Nc1ccc(-c2cccc(NC(=O)O)c2)cn1. The molecule has 0 atom stereocenters. The number of nitrogens with zero attached hydrogens (tertiary/aromatic N) is 2. The van der Waals surface area contributed by atoms with E-state index in [1.807, 2.05) is 36.4 Å². The number of guanidine groups is 1. The van der Waals surface area contributed by atoms with Gasteiger partial charge in [0, 0.05) is 17.4 Å². The van der Waals surface area contributed by atoms with Crippen molar-refractivity contribution >= 4 is 29.2 Å². The van der Waals surface area contributed by atoms with Crippen LogP contribution in [0, 0.1) is 0 Å². The number of ether oxygens (including phenoxy) is 1. The fraction of sp³-hybridized carbons (Fsp3) is 0.0500. The molecule has 3 rings (SSSR count). The fourth-order valence-corrected chi connectivity index (χ4v) is 2.56. The van der Waals surface area contributed by atoms with Gasteiger partial charge in [0.1, 0.15) is 5.75 Å². The Hall–Kier alpha value is -4.07. The molecule has 8 heteroatoms. The molecule has 3 aromatic rings. The molecule has 0 aliphatic rings. The number of nitrogens with two attached hydrogens (primary N) is 1. The molecule has 1 heterocycles. The van der Waals surface area contributed by atoms with Crippen molar-refractivity contribution in [1.82, 2.24) is 4.98 Å². The van der Waals surface area contributed by atoms with Gasteiger partial charge in [-0.2, -0.15) is 4.99 Å². The zero-order valence-corrected chi connectivity index (χ0v) is 15.1. The average molecular weight is 377 g/mol. The molecule has 0 fully saturated rings. The molecule has 28 heavy (non-hydrogen) atoms. The molecule has 0 saturated carbocycles. The molecule has 0 spiro atoms. The second-order valence-corrected chi connectivity index (χ2v) is 5.74. The minimum Gasteiger partial charge on any atom is -0.495 e. The molecule has 0 aliphatic carbocycles. The van der Waals surface area contributed by atoms with Gasteiger partial charge < -0.3 is 20.9 Å². The van der Waals surface area contributed by atoms with Crippen molar-refractivity contribution in [2.24, 2.45) is 10.7 Å². The van der Waals surface area contributed by atoms with Gasteiger partial charge in [-0.1, -0.05) is 24.3 Å². The van der Waals surface area contributed by atoms with E-state index < -0.39 is 6.09 Å². The van der Waals surface area contributed by atoms with Gasteiger partial charge in [0.05, 0.1) is 12.8 Å². The Morgan fingerprint density at radius 2 is 1.89 bits per heavy atom. The first-order valence-electron chi connectivity index (χ1n) is 8.36. The Balaban J connectivity index is 1.75. The summed E-state index contributed by atoms with van der Waals surface area (Å²) >= 11 is 0. The number of para-hydroxylation sites is 2. The van der Waals surface area contributed by atoms with E-state index in [1.54, 1.807) is 37.6 Å². The molecule has 0 aliphatic heterocycles. The van der Waals surface area contributed by atoms with Crippen LogP contribution in [0.25, 0.3) is 11.1 Å². The van der Waals surface area contributed by atoms with Gasteiger partial charge in [0.25, 0.3) is 0 Å². The van der Waals surface area contributed by atoms with Crippen LogP contribution < -0.4 is 21.1 Å². The van der Waals surface area contributed by atoms with E-state index in [4.69, 9.17) is 15.6 Å². The number of anilines is 2. The normalized spacial score (nSPS) is 11.0. The maximum atomic E-state index is 10.8. The Bertz CT molecular complexity index is 1000. The summed E-state index contributed by atoms with van der Waals surface area (Å²) in [5.74, 6) is 1.26. The third-order valence-corrected chi connectivity index (χ3v) is 3.80. The van der Waals surface area contributed by atoms with E-state index >= 15 is 0 Å². The highest BCUT2D eigenvalue weighted by Crippen LogP contribution is 2.25. The van der Waals surface area contributed by atoms with Gasteiger partial charge in [-0.15, -0.1) is 0 Å². The molecule has 8 nitrogen and oxygen atoms in total. The lowest BCUT2D eigenvalue weighted by molar-refractivity contribution is 0.210. The van der Waals surface area contributed by atoms with Crippen LogP contribution in [-0.4, -0.2) is 29.3 Å². The first-order chi connectivity index (χ1) is 13.5. The summed E-state index contributed by atoms with van der Waals surface area (Å²) in [7, 11) is 1.58. The predicted octanol–water partition coefficient (Wildman–Crippen LogP) is 3.91. The lowest BCUT2D eigenvalue weighted by Crippen LogP contribution is -2.22. The van der Waals surface area contributed by atoms with E-state index in [9.17, 15) is 4.79 Å². The largest absolute Gasteiger partial charge is 0.495 e. The number of carboxylic acid groups (broad SMARTS) is 1. The zero-order chi connectivity index (χ0) is 19.9. The summed E-state index contributed by atoms with van der Waals surface area (Å²) in [5.41, 5.74) is 8.79. The summed E-state index contributed by atoms with van der Waals surface area (Å²) in [4.78, 5) is 19.3. The van der Waals surface area contributed by atoms with Crippen LogP contribution in [0.2, 0.25) is 0 Å². The van der Waals surface area contributed by atoms with Crippen molar-refractivity contribution in [2.45, 2.75) is 0 Å². The second kappa shape index (κ2) is 8.54. The minimum absolute atomic E-state index is 0.178. The molecule has 0 radical (unpaired) electrons. The van der Waals surface area contributed by atoms with Crippen molar-refractivity contribution in [1.29, 1.82) is 0 Å². The summed E-state index contributed by atoms with van der Waals surface area (Å²) in [5, 5.41) is 14.1. The first kappa shape index (κ1) is 18.7. The topological polar surface area (TPSA) is 122 Å². The van der Waals surface area contributed by atoms with E-state index in [0.717, 1.165) is 11.1 Å². The summed E-state index contributed by atoms with van der Waals surface area (Å²) < 4.78 is 5.26. The number of hydrogen-bond donors (Lipinski definition) is 4. The molecule has 1 amide bonds. The quantitative estimate of drug-likeness (QED) is 0.395. The van der Waals surface area contributed by atoms with Crippen molar-refractivity contribution in [3.8, 4) is 16.9 Å². The number of aromatic nitrogens is 1. The molecule has 142 valence electrons. The highest BCUT2D eigenvalue weighted by molar-refractivity contribution is 5.95. The van der Waals surface area contributed by atoms with Gasteiger partial charge in [0.15, 0.2) is 11.8 Å². The standard InChI is InChI=1S/C20H19N5O3/c1-28-17-8-3-2-7-16(17)24-19(21)25-18-10-9-14(12-22-18)13-5-4-6-15(11-13)23-20(26)27/h2-12,23H,1H3,(H,26,27)(H3,21,22,24,25). The van der Waals surface area contributed by atoms with Crippen LogP contribution in [0.15, 0.2) is 71.9 Å². The second-order valence-electron chi connectivity index (χ2n) is 5.74. The lowest BCUT2D eigenvalue weighted by atomic mass is 10.1. The number of pyridine rings is 1. The Morgan fingerprint density at radius 1 is 1.07 bits per heavy atom. The van der Waals surface area contributed by atoms with Crippen molar-refractivity contribution < 1.29 is 14.6 Å². The Labute approximate surface area is 161 Å². The number of benzene rings is 2. The van der Waals surface area contributed by atoms with Crippen LogP contribution in [0.3, 0.4) is 0 Å². The minimum atomic E-state index is -1.11. The molecule has 0 saturated heterocycles. The van der Waals surface area contributed by atoms with E-state index in [2.05, 4.69) is 20.6 Å². The number of methoxy groups -OCH3 is 1. The Kier molecular flexibility index (Phi) is 5.71. The zero-order valence-electron chi connectivity index (χ0n) is 15.1. The molecule has 0 unspecified atom stereocenters. The number of carbonyl (C=O) groups is 1. The molecule has 1 aromatic heterocycles. The molecule has 2 aromatic carbocycles. The highest BCUT2D eigenvalue weighted by Gasteiger charge is 2.05. The molecular formula is C20H19N5O3. The van der Waals surface area contributed by atoms with Crippen LogP contribution in [-0.2, 0) is 0 Å². The first-order valence-corrected chi connectivity index (χ1v) is 8.36. The molecular weight excluding hydrogens is 358 g/mol. The number of hydrogen-bond acceptors (Lipinski definition) is 4. The van der Waals surface area contributed by atoms with Crippen LogP contribution in [0.5, 0.6) is 5.75 Å². The predicted molar refractivity (Wildman–Crippen MR) is 109 cm³/mol. The number of aliphatic imine (C=N–C) groups is 1. The summed E-state index contributed by atoms with van der Waals surface area (Å²) in [6.45, 7) is 0. The monoisotopic (exact) mass is 377 g/mol. The average Bonchev–Trinajstić information content (AvgIpc) is 2.68. The van der Waals surface area contributed by atoms with Crippen LogP contribution >= 0.6 is 0 Å². The smallest absolute Gasteiger partial charge is 0.409 e. The Morgan fingerprint density at radius 3 is 2.61 bits per heavy atom. The van der Waals surface area contributed by atoms with E-state index in [-0.39, 0.29) is 5.96 Å². The van der Waals surface area contributed by atoms with E-state index in [0.29, 0.717) is 22.9 Å². The van der Waals surface area contributed by atoms with Crippen LogP contribution in [0.1, 0.15) is 0 Å². The van der Waals surface area contributed by atoms with Gasteiger partial charge in [0.2, 0.25) is 0 Å². The van der Waals surface area contributed by atoms with Crippen LogP contribution in [0.4, 0.5) is 22.0 Å². The highest BCUT2D eigenvalue weighted by atomic mass is 16.5. The van der Waals surface area contributed by atoms with Gasteiger partial charge >= 0.3 is 6.09 Å². The third kappa shape index (κ3) is 4.76. The number of rotatable bonds is 5. The number of amides is 1. The van der Waals surface area contributed by atoms with Crippen molar-refractivity contribution in [2.75, 3.05) is 17.7 Å².